The largest absolute Gasteiger partial charge is 0.478 e. The summed E-state index contributed by atoms with van der Waals surface area (Å²) in [6.45, 7) is 1.59. The van der Waals surface area contributed by atoms with Crippen molar-refractivity contribution in [1.29, 1.82) is 0 Å². The second-order valence-corrected chi connectivity index (χ2v) is 4.76. The van der Waals surface area contributed by atoms with Crippen molar-refractivity contribution in [2.24, 2.45) is 0 Å². The fraction of sp³-hybridized carbons (Fsp3) is 0.267. The molecule has 1 aromatic heterocycles. The number of para-hydroxylation sites is 1. The van der Waals surface area contributed by atoms with Gasteiger partial charge in [0.2, 0.25) is 0 Å². The van der Waals surface area contributed by atoms with Crippen LogP contribution in [0.1, 0.15) is 28.1 Å². The molecule has 2 aromatic rings. The predicted octanol–water partition coefficient (Wildman–Crippen LogP) is 2.93. The normalized spacial score (nSPS) is 14.2. The van der Waals surface area contributed by atoms with E-state index in [1.807, 2.05) is 6.07 Å². The van der Waals surface area contributed by atoms with Crippen molar-refractivity contribution in [1.82, 2.24) is 0 Å². The van der Waals surface area contributed by atoms with E-state index in [-0.39, 0.29) is 5.56 Å². The lowest BCUT2D eigenvalue weighted by Crippen LogP contribution is -2.28. The molecule has 0 bridgehead atoms. The van der Waals surface area contributed by atoms with Gasteiger partial charge in [-0.15, -0.1) is 0 Å². The lowest BCUT2D eigenvalue weighted by molar-refractivity contribution is 0.0696. The average molecular weight is 257 g/mol. The molecule has 19 heavy (non-hydrogen) atoms. The first kappa shape index (κ1) is 11.8. The minimum Gasteiger partial charge on any atom is -0.478 e. The molecule has 0 fully saturated rings. The van der Waals surface area contributed by atoms with Gasteiger partial charge in [-0.2, -0.15) is 0 Å². The third kappa shape index (κ3) is 2.34. The molecule has 1 aliphatic heterocycles. The maximum absolute atomic E-state index is 10.8. The van der Waals surface area contributed by atoms with Crippen molar-refractivity contribution in [2.75, 3.05) is 11.4 Å². The van der Waals surface area contributed by atoms with Gasteiger partial charge in [0.05, 0.1) is 12.1 Å². The van der Waals surface area contributed by atoms with Crippen LogP contribution in [0.15, 0.2) is 41.0 Å². The highest BCUT2D eigenvalue weighted by molar-refractivity contribution is 5.87. The van der Waals surface area contributed by atoms with Gasteiger partial charge in [-0.25, -0.2) is 4.79 Å². The Hall–Kier alpha value is -2.23. The Morgan fingerprint density at radius 1 is 1.37 bits per heavy atom. The highest BCUT2D eigenvalue weighted by Gasteiger charge is 2.18. The number of carboxylic acids is 1. The first-order chi connectivity index (χ1) is 9.24. The molecule has 1 aliphatic rings. The zero-order chi connectivity index (χ0) is 13.2. The number of furan rings is 1. The molecule has 0 unspecified atom stereocenters. The number of carbonyl (C=O) groups is 1. The predicted molar refractivity (Wildman–Crippen MR) is 71.5 cm³/mol. The van der Waals surface area contributed by atoms with E-state index >= 15 is 0 Å². The van der Waals surface area contributed by atoms with E-state index in [0.29, 0.717) is 12.3 Å². The summed E-state index contributed by atoms with van der Waals surface area (Å²) >= 11 is 0. The van der Waals surface area contributed by atoms with E-state index in [4.69, 9.17) is 9.52 Å². The molecule has 0 saturated carbocycles. The second kappa shape index (κ2) is 4.80. The summed E-state index contributed by atoms with van der Waals surface area (Å²) < 4.78 is 5.32. The number of carboxylic acid groups (broad SMARTS) is 1. The van der Waals surface area contributed by atoms with Crippen LogP contribution in [-0.2, 0) is 13.0 Å². The lowest BCUT2D eigenvalue weighted by atomic mass is 10.0. The number of aryl methyl sites for hydroxylation is 1. The van der Waals surface area contributed by atoms with Gasteiger partial charge in [-0.05, 0) is 30.5 Å². The van der Waals surface area contributed by atoms with Gasteiger partial charge in [-0.1, -0.05) is 18.2 Å². The summed E-state index contributed by atoms with van der Waals surface area (Å²) in [6.07, 6.45) is 3.52. The molecule has 0 radical (unpaired) electrons. The van der Waals surface area contributed by atoms with Crippen LogP contribution in [0.25, 0.3) is 0 Å². The maximum Gasteiger partial charge on any atom is 0.338 e. The molecule has 0 aliphatic carbocycles. The van der Waals surface area contributed by atoms with Crippen LogP contribution in [0.5, 0.6) is 0 Å². The van der Waals surface area contributed by atoms with Gasteiger partial charge in [0.15, 0.2) is 0 Å². The third-order valence-electron chi connectivity index (χ3n) is 3.45. The molecule has 0 saturated heterocycles. The van der Waals surface area contributed by atoms with Crippen LogP contribution in [0.4, 0.5) is 5.69 Å². The van der Waals surface area contributed by atoms with E-state index in [9.17, 15) is 4.79 Å². The van der Waals surface area contributed by atoms with Crippen molar-refractivity contribution in [3.05, 3.63) is 53.5 Å². The van der Waals surface area contributed by atoms with Crippen molar-refractivity contribution in [2.45, 2.75) is 19.4 Å². The highest BCUT2D eigenvalue weighted by atomic mass is 16.4. The number of aromatic carboxylic acids is 1. The van der Waals surface area contributed by atoms with Gasteiger partial charge in [0.25, 0.3) is 0 Å². The summed E-state index contributed by atoms with van der Waals surface area (Å²) in [5.41, 5.74) is 2.78. The minimum atomic E-state index is -0.950. The molecule has 0 spiro atoms. The van der Waals surface area contributed by atoms with Crippen molar-refractivity contribution in [3.63, 3.8) is 0 Å². The van der Waals surface area contributed by atoms with Crippen molar-refractivity contribution < 1.29 is 14.3 Å². The summed E-state index contributed by atoms with van der Waals surface area (Å²) in [7, 11) is 0. The fourth-order valence-electron chi connectivity index (χ4n) is 2.54. The Morgan fingerprint density at radius 2 is 2.21 bits per heavy atom. The molecule has 0 amide bonds. The second-order valence-electron chi connectivity index (χ2n) is 4.76. The summed E-state index contributed by atoms with van der Waals surface area (Å²) in [5.74, 6) is -0.261. The Bertz CT molecular complexity index is 603. The molecule has 2 heterocycles. The number of anilines is 1. The summed E-state index contributed by atoms with van der Waals surface area (Å²) in [6, 6.07) is 9.93. The van der Waals surface area contributed by atoms with Crippen LogP contribution < -0.4 is 4.90 Å². The van der Waals surface area contributed by atoms with Gasteiger partial charge >= 0.3 is 5.97 Å². The number of fused-ring (bicyclic) bond motifs is 1. The topological polar surface area (TPSA) is 53.7 Å². The number of nitrogens with zero attached hydrogens (tertiary/aromatic N) is 1. The van der Waals surface area contributed by atoms with E-state index < -0.39 is 5.97 Å². The fourth-order valence-corrected chi connectivity index (χ4v) is 2.54. The Labute approximate surface area is 111 Å². The Morgan fingerprint density at radius 3 is 3.00 bits per heavy atom. The molecule has 0 atom stereocenters. The zero-order valence-electron chi connectivity index (χ0n) is 10.5. The molecule has 1 aromatic carbocycles. The van der Waals surface area contributed by atoms with Crippen LogP contribution in [0, 0.1) is 0 Å². The van der Waals surface area contributed by atoms with E-state index in [1.165, 1.54) is 17.5 Å². The number of hydrogen-bond donors (Lipinski definition) is 1. The van der Waals surface area contributed by atoms with Gasteiger partial charge < -0.3 is 14.4 Å². The standard InChI is InChI=1S/C15H15NO3/c17-15(18)12-8-13(19-10-12)9-16-7-3-5-11-4-1-2-6-14(11)16/h1-2,4,6,8,10H,3,5,7,9H2,(H,17,18). The molecule has 4 nitrogen and oxygen atoms in total. The Kier molecular flexibility index (Phi) is 2.99. The lowest BCUT2D eigenvalue weighted by Gasteiger charge is -2.30. The van der Waals surface area contributed by atoms with Crippen LogP contribution in [-0.4, -0.2) is 17.6 Å². The van der Waals surface area contributed by atoms with Crippen molar-refractivity contribution >= 4 is 11.7 Å². The summed E-state index contributed by atoms with van der Waals surface area (Å²) in [5, 5.41) is 8.89. The molecular formula is C15H15NO3. The average Bonchev–Trinajstić information content (AvgIpc) is 2.88. The number of rotatable bonds is 3. The molecular weight excluding hydrogens is 242 g/mol. The zero-order valence-corrected chi connectivity index (χ0v) is 10.5. The van der Waals surface area contributed by atoms with Crippen LogP contribution in [0.3, 0.4) is 0 Å². The third-order valence-corrected chi connectivity index (χ3v) is 3.45. The highest BCUT2D eigenvalue weighted by Crippen LogP contribution is 2.28. The van der Waals surface area contributed by atoms with Crippen LogP contribution in [0.2, 0.25) is 0 Å². The van der Waals surface area contributed by atoms with E-state index in [0.717, 1.165) is 19.4 Å². The maximum atomic E-state index is 10.8. The number of hydrogen-bond acceptors (Lipinski definition) is 3. The van der Waals surface area contributed by atoms with E-state index in [1.54, 1.807) is 6.07 Å². The first-order valence-electron chi connectivity index (χ1n) is 6.37. The van der Waals surface area contributed by atoms with Gasteiger partial charge in [0.1, 0.15) is 12.0 Å². The van der Waals surface area contributed by atoms with Crippen LogP contribution >= 0.6 is 0 Å². The van der Waals surface area contributed by atoms with Gasteiger partial charge in [0, 0.05) is 12.2 Å². The first-order valence-corrected chi connectivity index (χ1v) is 6.37. The Balaban J connectivity index is 1.82. The molecule has 4 heteroatoms. The molecule has 3 rings (SSSR count). The minimum absolute atomic E-state index is 0.209. The molecule has 1 N–H and O–H groups in total. The van der Waals surface area contributed by atoms with Gasteiger partial charge in [-0.3, -0.25) is 0 Å². The monoisotopic (exact) mass is 257 g/mol. The van der Waals surface area contributed by atoms with E-state index in [2.05, 4.69) is 23.1 Å². The number of benzene rings is 1. The molecule has 98 valence electrons. The quantitative estimate of drug-likeness (QED) is 0.918. The smallest absolute Gasteiger partial charge is 0.338 e. The summed E-state index contributed by atoms with van der Waals surface area (Å²) in [4.78, 5) is 13.1. The van der Waals surface area contributed by atoms with Crippen molar-refractivity contribution in [3.8, 4) is 0 Å². The SMILES string of the molecule is O=C(O)c1coc(CN2CCCc3ccccc32)c1.